The van der Waals surface area contributed by atoms with Gasteiger partial charge in [0.15, 0.2) is 0 Å². The Morgan fingerprint density at radius 3 is 2.88 bits per heavy atom. The minimum absolute atomic E-state index is 0.230. The molecule has 17 heavy (non-hydrogen) atoms. The molecule has 0 unspecified atom stereocenters. The largest absolute Gasteiger partial charge is 0.476 e. The molecule has 1 aliphatic rings. The first kappa shape index (κ1) is 11.9. The van der Waals surface area contributed by atoms with Gasteiger partial charge in [-0.2, -0.15) is 9.97 Å². The van der Waals surface area contributed by atoms with Gasteiger partial charge in [0.1, 0.15) is 12.4 Å². The smallest absolute Gasteiger partial charge is 0.225 e. The normalized spacial score (nSPS) is 16.1. The van der Waals surface area contributed by atoms with Crippen LogP contribution in [0.1, 0.15) is 12.8 Å². The third kappa shape index (κ3) is 3.45. The van der Waals surface area contributed by atoms with Crippen LogP contribution in [-0.2, 0) is 0 Å². The number of hydrogen-bond acceptors (Lipinski definition) is 6. The molecule has 94 valence electrons. The molecule has 0 bridgehead atoms. The second-order valence-electron chi connectivity index (χ2n) is 4.10. The lowest BCUT2D eigenvalue weighted by Gasteiger charge is -2.14. The quantitative estimate of drug-likeness (QED) is 0.780. The van der Waals surface area contributed by atoms with Crippen LogP contribution < -0.4 is 15.8 Å². The maximum Gasteiger partial charge on any atom is 0.225 e. The molecule has 0 aliphatic carbocycles. The molecule has 2 rings (SSSR count). The van der Waals surface area contributed by atoms with Crippen molar-refractivity contribution in [2.75, 3.05) is 44.3 Å². The number of nitrogens with two attached hydrogens (primary N) is 1. The average Bonchev–Trinajstić information content (AvgIpc) is 2.81. The van der Waals surface area contributed by atoms with Crippen molar-refractivity contribution in [1.29, 1.82) is 0 Å². The molecule has 0 saturated carbocycles. The van der Waals surface area contributed by atoms with Gasteiger partial charge in [-0.3, -0.25) is 4.90 Å². The molecule has 0 aromatic carbocycles. The van der Waals surface area contributed by atoms with Crippen LogP contribution in [0.5, 0.6) is 5.88 Å². The number of aromatic nitrogens is 2. The summed E-state index contributed by atoms with van der Waals surface area (Å²) in [7, 11) is 1.79. The van der Waals surface area contributed by atoms with Crippen LogP contribution in [0.3, 0.4) is 0 Å². The Hall–Kier alpha value is -1.56. The summed E-state index contributed by atoms with van der Waals surface area (Å²) < 4.78 is 5.58. The molecular formula is C11H19N5O. The van der Waals surface area contributed by atoms with E-state index in [1.807, 2.05) is 0 Å². The lowest BCUT2D eigenvalue weighted by atomic mass is 10.4. The number of nitrogens with zero attached hydrogens (tertiary/aromatic N) is 3. The van der Waals surface area contributed by atoms with E-state index in [0.29, 0.717) is 18.3 Å². The fraction of sp³-hybridized carbons (Fsp3) is 0.636. The molecule has 1 fully saturated rings. The zero-order valence-corrected chi connectivity index (χ0v) is 10.1. The summed E-state index contributed by atoms with van der Waals surface area (Å²) in [5.74, 6) is 1.43. The summed E-state index contributed by atoms with van der Waals surface area (Å²) in [4.78, 5) is 10.4. The molecule has 6 nitrogen and oxygen atoms in total. The summed E-state index contributed by atoms with van der Waals surface area (Å²) in [6.07, 6.45) is 2.59. The van der Waals surface area contributed by atoms with Crippen LogP contribution in [0, 0.1) is 0 Å². The first-order chi connectivity index (χ1) is 8.28. The Bertz CT molecular complexity index is 365. The fourth-order valence-corrected chi connectivity index (χ4v) is 1.93. The van der Waals surface area contributed by atoms with E-state index in [0.717, 1.165) is 6.54 Å². The minimum atomic E-state index is 0.230. The predicted molar refractivity (Wildman–Crippen MR) is 67.2 cm³/mol. The van der Waals surface area contributed by atoms with Crippen LogP contribution in [0.2, 0.25) is 0 Å². The molecule has 0 radical (unpaired) electrons. The van der Waals surface area contributed by atoms with Crippen molar-refractivity contribution < 1.29 is 4.74 Å². The predicted octanol–water partition coefficient (Wildman–Crippen LogP) is 0.575. The van der Waals surface area contributed by atoms with Crippen molar-refractivity contribution in [2.45, 2.75) is 12.8 Å². The van der Waals surface area contributed by atoms with Crippen molar-refractivity contribution in [2.24, 2.45) is 0 Å². The third-order valence-corrected chi connectivity index (χ3v) is 2.83. The van der Waals surface area contributed by atoms with Gasteiger partial charge in [0.05, 0.1) is 0 Å². The highest BCUT2D eigenvalue weighted by atomic mass is 16.5. The highest BCUT2D eigenvalue weighted by Crippen LogP contribution is 2.14. The van der Waals surface area contributed by atoms with Gasteiger partial charge in [0.25, 0.3) is 0 Å². The van der Waals surface area contributed by atoms with Gasteiger partial charge in [-0.25, -0.2) is 0 Å². The topological polar surface area (TPSA) is 76.3 Å². The number of likely N-dealkylation sites (tertiary alicyclic amines) is 1. The summed E-state index contributed by atoms with van der Waals surface area (Å²) >= 11 is 0. The second-order valence-corrected chi connectivity index (χ2v) is 4.10. The molecule has 0 amide bonds. The first-order valence-electron chi connectivity index (χ1n) is 5.95. The molecular weight excluding hydrogens is 218 g/mol. The first-order valence-corrected chi connectivity index (χ1v) is 5.95. The molecule has 3 N–H and O–H groups in total. The Morgan fingerprint density at radius 1 is 1.41 bits per heavy atom. The van der Waals surface area contributed by atoms with E-state index < -0.39 is 0 Å². The van der Waals surface area contributed by atoms with Gasteiger partial charge in [0.2, 0.25) is 11.8 Å². The highest BCUT2D eigenvalue weighted by molar-refractivity contribution is 5.41. The Morgan fingerprint density at radius 2 is 2.18 bits per heavy atom. The van der Waals surface area contributed by atoms with Gasteiger partial charge in [-0.1, -0.05) is 0 Å². The number of ether oxygens (including phenoxy) is 1. The Labute approximate surface area is 101 Å². The molecule has 0 atom stereocenters. The molecule has 2 heterocycles. The zero-order valence-electron chi connectivity index (χ0n) is 10.1. The standard InChI is InChI=1S/C11H19N5O/c1-13-9-8-10(15-11(12)14-9)17-7-6-16-4-2-3-5-16/h8H,2-7H2,1H3,(H3,12,13,14,15). The monoisotopic (exact) mass is 237 g/mol. The number of rotatable bonds is 5. The Balaban J connectivity index is 1.83. The average molecular weight is 237 g/mol. The summed E-state index contributed by atoms with van der Waals surface area (Å²) in [5, 5.41) is 2.92. The lowest BCUT2D eigenvalue weighted by molar-refractivity contribution is 0.232. The molecule has 1 saturated heterocycles. The van der Waals surface area contributed by atoms with Gasteiger partial charge in [0, 0.05) is 19.7 Å². The van der Waals surface area contributed by atoms with Gasteiger partial charge < -0.3 is 15.8 Å². The number of nitrogen functional groups attached to an aromatic ring is 1. The summed E-state index contributed by atoms with van der Waals surface area (Å²) in [5.41, 5.74) is 5.58. The zero-order chi connectivity index (χ0) is 12.1. The van der Waals surface area contributed by atoms with E-state index >= 15 is 0 Å². The van der Waals surface area contributed by atoms with Gasteiger partial charge in [-0.05, 0) is 25.9 Å². The number of anilines is 2. The third-order valence-electron chi connectivity index (χ3n) is 2.83. The summed E-state index contributed by atoms with van der Waals surface area (Å²) in [6, 6.07) is 1.75. The van der Waals surface area contributed by atoms with Crippen molar-refractivity contribution in [3.63, 3.8) is 0 Å². The van der Waals surface area contributed by atoms with E-state index in [4.69, 9.17) is 10.5 Å². The molecule has 1 aromatic rings. The lowest BCUT2D eigenvalue weighted by Crippen LogP contribution is -2.25. The van der Waals surface area contributed by atoms with Crippen LogP contribution in [-0.4, -0.2) is 48.2 Å². The van der Waals surface area contributed by atoms with E-state index in [-0.39, 0.29) is 5.95 Å². The number of nitrogens with one attached hydrogen (secondary N) is 1. The van der Waals surface area contributed by atoms with Crippen LogP contribution in [0.15, 0.2) is 6.07 Å². The highest BCUT2D eigenvalue weighted by Gasteiger charge is 2.11. The maximum absolute atomic E-state index is 5.58. The van der Waals surface area contributed by atoms with E-state index in [1.165, 1.54) is 25.9 Å². The maximum atomic E-state index is 5.58. The van der Waals surface area contributed by atoms with E-state index in [2.05, 4.69) is 20.2 Å². The molecule has 1 aromatic heterocycles. The minimum Gasteiger partial charge on any atom is -0.476 e. The van der Waals surface area contributed by atoms with Crippen molar-refractivity contribution >= 4 is 11.8 Å². The van der Waals surface area contributed by atoms with E-state index in [1.54, 1.807) is 13.1 Å². The second kappa shape index (κ2) is 5.67. The van der Waals surface area contributed by atoms with Gasteiger partial charge >= 0.3 is 0 Å². The summed E-state index contributed by atoms with van der Waals surface area (Å²) in [6.45, 7) is 3.94. The van der Waals surface area contributed by atoms with E-state index in [9.17, 15) is 0 Å². The molecule has 6 heteroatoms. The SMILES string of the molecule is CNc1cc(OCCN2CCCC2)nc(N)n1. The fourth-order valence-electron chi connectivity index (χ4n) is 1.93. The number of hydrogen-bond donors (Lipinski definition) is 2. The van der Waals surface area contributed by atoms with Crippen molar-refractivity contribution in [3.05, 3.63) is 6.07 Å². The van der Waals surface area contributed by atoms with Crippen LogP contribution >= 0.6 is 0 Å². The van der Waals surface area contributed by atoms with Crippen molar-refractivity contribution in [3.8, 4) is 5.88 Å². The van der Waals surface area contributed by atoms with Crippen LogP contribution in [0.25, 0.3) is 0 Å². The Kier molecular flexibility index (Phi) is 3.98. The van der Waals surface area contributed by atoms with Crippen molar-refractivity contribution in [1.82, 2.24) is 14.9 Å². The van der Waals surface area contributed by atoms with Gasteiger partial charge in [-0.15, -0.1) is 0 Å². The van der Waals surface area contributed by atoms with Crippen LogP contribution in [0.4, 0.5) is 11.8 Å². The molecule has 0 spiro atoms. The molecule has 1 aliphatic heterocycles.